The Bertz CT molecular complexity index is 940. The summed E-state index contributed by atoms with van der Waals surface area (Å²) in [6.07, 6.45) is 4.26. The van der Waals surface area contributed by atoms with Crippen molar-refractivity contribution < 1.29 is 9.14 Å². The molecule has 0 saturated heterocycles. The van der Waals surface area contributed by atoms with Crippen molar-refractivity contribution >= 4 is 5.65 Å². The van der Waals surface area contributed by atoms with E-state index >= 15 is 0 Å². The van der Waals surface area contributed by atoms with E-state index in [0.29, 0.717) is 0 Å². The van der Waals surface area contributed by atoms with Crippen molar-refractivity contribution in [2.24, 2.45) is 0 Å². The van der Waals surface area contributed by atoms with Gasteiger partial charge in [0.25, 0.3) is 5.65 Å². The number of benzene rings is 2. The van der Waals surface area contributed by atoms with Gasteiger partial charge >= 0.3 is 0 Å². The third kappa shape index (κ3) is 2.36. The number of hydrogen-bond acceptors (Lipinski definition) is 1. The van der Waals surface area contributed by atoms with Crippen LogP contribution in [0.2, 0.25) is 0 Å². The first-order chi connectivity index (χ1) is 11.4. The minimum atomic E-state index is 0.866. The van der Waals surface area contributed by atoms with Crippen molar-refractivity contribution in [3.05, 3.63) is 85.2 Å². The molecule has 0 fully saturated rings. The summed E-state index contributed by atoms with van der Waals surface area (Å²) in [5, 5.41) is 0. The number of hydrogen-bond donors (Lipinski definition) is 0. The van der Waals surface area contributed by atoms with Gasteiger partial charge < -0.3 is 4.74 Å². The van der Waals surface area contributed by atoms with Crippen LogP contribution < -0.4 is 9.14 Å². The maximum atomic E-state index is 5.26. The lowest BCUT2D eigenvalue weighted by Crippen LogP contribution is -2.21. The van der Waals surface area contributed by atoms with E-state index in [2.05, 4.69) is 76.0 Å². The van der Waals surface area contributed by atoms with Crippen LogP contribution in [0.5, 0.6) is 5.75 Å². The van der Waals surface area contributed by atoms with Gasteiger partial charge in [-0.3, -0.25) is 0 Å². The van der Waals surface area contributed by atoms with E-state index in [4.69, 9.17) is 4.74 Å². The van der Waals surface area contributed by atoms with Gasteiger partial charge in [0, 0.05) is 11.6 Å². The van der Waals surface area contributed by atoms with Crippen LogP contribution in [0.1, 0.15) is 0 Å². The molecule has 0 saturated carbocycles. The fourth-order valence-electron chi connectivity index (χ4n) is 2.86. The molecule has 3 heteroatoms. The zero-order valence-electron chi connectivity index (χ0n) is 12.9. The summed E-state index contributed by atoms with van der Waals surface area (Å²) in [5.74, 6) is 0.866. The second kappa shape index (κ2) is 5.61. The molecule has 23 heavy (non-hydrogen) atoms. The first-order valence-electron chi connectivity index (χ1n) is 7.58. The number of methoxy groups -OCH3 is 1. The second-order valence-electron chi connectivity index (χ2n) is 5.38. The molecule has 0 aliphatic heterocycles. The van der Waals surface area contributed by atoms with Crippen molar-refractivity contribution in [1.29, 1.82) is 0 Å². The molecule has 2 aromatic carbocycles. The van der Waals surface area contributed by atoms with Crippen LogP contribution in [-0.2, 0) is 0 Å². The van der Waals surface area contributed by atoms with Crippen molar-refractivity contribution in [3.8, 4) is 22.7 Å². The Morgan fingerprint density at radius 3 is 2.30 bits per heavy atom. The van der Waals surface area contributed by atoms with E-state index in [9.17, 15) is 0 Å². The van der Waals surface area contributed by atoms with E-state index in [0.717, 1.165) is 28.3 Å². The Morgan fingerprint density at radius 1 is 0.826 bits per heavy atom. The zero-order valence-corrected chi connectivity index (χ0v) is 12.9. The fourth-order valence-corrected chi connectivity index (χ4v) is 2.86. The van der Waals surface area contributed by atoms with Gasteiger partial charge in [0.1, 0.15) is 17.6 Å². The SMILES string of the molecule is COc1ccc(-c2cn(-c3ccccc3)c3cccc[n+]23)cc1. The molecule has 4 rings (SSSR count). The maximum Gasteiger partial charge on any atom is 0.291 e. The second-order valence-corrected chi connectivity index (χ2v) is 5.38. The largest absolute Gasteiger partial charge is 0.497 e. The Labute approximate surface area is 135 Å². The molecule has 3 nitrogen and oxygen atoms in total. The fraction of sp³-hybridized carbons (Fsp3) is 0.0500. The summed E-state index contributed by atoms with van der Waals surface area (Å²) in [6.45, 7) is 0. The third-order valence-electron chi connectivity index (χ3n) is 4.02. The maximum absolute atomic E-state index is 5.26. The smallest absolute Gasteiger partial charge is 0.291 e. The molecular weight excluding hydrogens is 284 g/mol. The van der Waals surface area contributed by atoms with Gasteiger partial charge in [-0.25, -0.2) is 0 Å². The van der Waals surface area contributed by atoms with Gasteiger partial charge in [-0.1, -0.05) is 24.3 Å². The topological polar surface area (TPSA) is 18.3 Å². The van der Waals surface area contributed by atoms with E-state index < -0.39 is 0 Å². The standard InChI is InChI=1S/C20H17N2O/c1-23-18-12-10-16(11-13-18)19-15-22(17-7-3-2-4-8-17)20-9-5-6-14-21(19)20/h2-15H,1H3/q+1. The summed E-state index contributed by atoms with van der Waals surface area (Å²) in [6, 6.07) is 24.8. The zero-order chi connectivity index (χ0) is 15.6. The molecule has 2 heterocycles. The van der Waals surface area contributed by atoms with E-state index in [1.807, 2.05) is 18.2 Å². The number of aromatic nitrogens is 2. The quantitative estimate of drug-likeness (QED) is 0.525. The first-order valence-corrected chi connectivity index (χ1v) is 7.58. The molecule has 0 radical (unpaired) electrons. The van der Waals surface area contributed by atoms with Crippen molar-refractivity contribution in [2.45, 2.75) is 0 Å². The van der Waals surface area contributed by atoms with Crippen LogP contribution in [0.3, 0.4) is 0 Å². The minimum Gasteiger partial charge on any atom is -0.497 e. The van der Waals surface area contributed by atoms with Crippen molar-refractivity contribution in [3.63, 3.8) is 0 Å². The molecule has 0 spiro atoms. The average Bonchev–Trinajstić information content (AvgIpc) is 3.02. The first kappa shape index (κ1) is 13.6. The van der Waals surface area contributed by atoms with Crippen LogP contribution in [-0.4, -0.2) is 11.7 Å². The number of pyridine rings is 1. The Kier molecular flexibility index (Phi) is 3.31. The summed E-state index contributed by atoms with van der Waals surface area (Å²) >= 11 is 0. The molecule has 0 unspecified atom stereocenters. The molecule has 2 aromatic heterocycles. The van der Waals surface area contributed by atoms with Gasteiger partial charge in [0.2, 0.25) is 0 Å². The van der Waals surface area contributed by atoms with Crippen LogP contribution >= 0.6 is 0 Å². The van der Waals surface area contributed by atoms with Crippen LogP contribution in [0, 0.1) is 0 Å². The molecule has 0 aliphatic rings. The number of ether oxygens (including phenoxy) is 1. The highest BCUT2D eigenvalue weighted by atomic mass is 16.5. The van der Waals surface area contributed by atoms with Gasteiger partial charge in [-0.2, -0.15) is 8.97 Å². The van der Waals surface area contributed by atoms with Crippen molar-refractivity contribution in [1.82, 2.24) is 4.57 Å². The number of fused-ring (bicyclic) bond motifs is 1. The number of para-hydroxylation sites is 1. The van der Waals surface area contributed by atoms with Gasteiger partial charge in [-0.05, 0) is 42.5 Å². The summed E-state index contributed by atoms with van der Waals surface area (Å²) < 4.78 is 9.67. The molecule has 112 valence electrons. The molecule has 0 atom stereocenters. The molecule has 0 N–H and O–H groups in total. The van der Waals surface area contributed by atoms with E-state index in [-0.39, 0.29) is 0 Å². The highest BCUT2D eigenvalue weighted by Crippen LogP contribution is 2.23. The molecule has 0 bridgehead atoms. The molecule has 0 amide bonds. The Morgan fingerprint density at radius 2 is 1.57 bits per heavy atom. The monoisotopic (exact) mass is 301 g/mol. The summed E-state index contributed by atoms with van der Waals surface area (Å²) in [7, 11) is 1.69. The highest BCUT2D eigenvalue weighted by molar-refractivity contribution is 5.60. The average molecular weight is 301 g/mol. The predicted molar refractivity (Wildman–Crippen MR) is 90.9 cm³/mol. The lowest BCUT2D eigenvalue weighted by Gasteiger charge is -2.00. The third-order valence-corrected chi connectivity index (χ3v) is 4.02. The summed E-state index contributed by atoms with van der Waals surface area (Å²) in [4.78, 5) is 0. The summed E-state index contributed by atoms with van der Waals surface area (Å²) in [5.41, 5.74) is 4.58. The molecule has 4 aromatic rings. The molecule has 0 aliphatic carbocycles. The number of nitrogens with zero attached hydrogens (tertiary/aromatic N) is 2. The number of rotatable bonds is 3. The van der Waals surface area contributed by atoms with Crippen LogP contribution in [0.25, 0.3) is 22.6 Å². The predicted octanol–water partition coefficient (Wildman–Crippen LogP) is 3.89. The van der Waals surface area contributed by atoms with E-state index in [1.165, 1.54) is 0 Å². The number of imidazole rings is 1. The molecular formula is C20H17N2O+. The van der Waals surface area contributed by atoms with Crippen LogP contribution in [0.15, 0.2) is 85.2 Å². The Hall–Kier alpha value is -3.07. The van der Waals surface area contributed by atoms with Gasteiger partial charge in [-0.15, -0.1) is 0 Å². The highest BCUT2D eigenvalue weighted by Gasteiger charge is 2.18. The minimum absolute atomic E-state index is 0.866. The lowest BCUT2D eigenvalue weighted by molar-refractivity contribution is -0.498. The van der Waals surface area contributed by atoms with Gasteiger partial charge in [0.15, 0.2) is 5.69 Å². The van der Waals surface area contributed by atoms with E-state index in [1.54, 1.807) is 7.11 Å². The normalized spacial score (nSPS) is 10.8. The van der Waals surface area contributed by atoms with Crippen LogP contribution in [0.4, 0.5) is 0 Å². The van der Waals surface area contributed by atoms with Gasteiger partial charge in [0.05, 0.1) is 13.3 Å². The van der Waals surface area contributed by atoms with Crippen molar-refractivity contribution in [2.75, 3.05) is 7.11 Å². The Balaban J connectivity index is 1.93. The lowest BCUT2D eigenvalue weighted by atomic mass is 10.1.